The fourth-order valence-electron chi connectivity index (χ4n) is 3.45. The lowest BCUT2D eigenvalue weighted by atomic mass is 10.2. The maximum Gasteiger partial charge on any atom is 0.251 e. The first-order valence-electron chi connectivity index (χ1n) is 10.2. The van der Waals surface area contributed by atoms with Gasteiger partial charge in [0, 0.05) is 31.4 Å². The highest BCUT2D eigenvalue weighted by Crippen LogP contribution is 2.23. The van der Waals surface area contributed by atoms with Crippen molar-refractivity contribution in [1.29, 1.82) is 0 Å². The smallest absolute Gasteiger partial charge is 0.251 e. The Kier molecular flexibility index (Phi) is 6.78. The number of amides is 1. The minimum absolute atomic E-state index is 0.0233. The highest BCUT2D eigenvalue weighted by molar-refractivity contribution is 7.89. The van der Waals surface area contributed by atoms with Gasteiger partial charge in [-0.25, -0.2) is 18.1 Å². The molecule has 1 saturated heterocycles. The van der Waals surface area contributed by atoms with Crippen LogP contribution in [-0.2, 0) is 23.1 Å². The van der Waals surface area contributed by atoms with Crippen molar-refractivity contribution in [2.45, 2.75) is 30.8 Å². The van der Waals surface area contributed by atoms with E-state index in [4.69, 9.17) is 16.0 Å². The van der Waals surface area contributed by atoms with Crippen molar-refractivity contribution < 1.29 is 17.6 Å². The van der Waals surface area contributed by atoms with Crippen LogP contribution in [0.25, 0.3) is 0 Å². The molecule has 2 N–H and O–H groups in total. The SMILES string of the molecule is O=C(NCc1ccc(N2CCCC2)nc1)c1ccc(Cl)c(S(=O)(=O)NCc2ccco2)c1. The van der Waals surface area contributed by atoms with Crippen molar-refractivity contribution in [2.24, 2.45) is 0 Å². The summed E-state index contributed by atoms with van der Waals surface area (Å²) in [7, 11) is -3.94. The number of nitrogens with one attached hydrogen (secondary N) is 2. The second-order valence-corrected chi connectivity index (χ2v) is 9.59. The van der Waals surface area contributed by atoms with E-state index < -0.39 is 15.9 Å². The van der Waals surface area contributed by atoms with E-state index in [-0.39, 0.29) is 28.6 Å². The Morgan fingerprint density at radius 3 is 2.62 bits per heavy atom. The first-order chi connectivity index (χ1) is 15.4. The molecule has 1 aliphatic rings. The normalized spacial score (nSPS) is 14.0. The van der Waals surface area contributed by atoms with Gasteiger partial charge in [-0.1, -0.05) is 17.7 Å². The zero-order valence-electron chi connectivity index (χ0n) is 17.3. The fraction of sp³-hybridized carbons (Fsp3) is 0.273. The third kappa shape index (κ3) is 5.29. The molecule has 0 atom stereocenters. The van der Waals surface area contributed by atoms with Crippen molar-refractivity contribution in [2.75, 3.05) is 18.0 Å². The molecule has 0 bridgehead atoms. The van der Waals surface area contributed by atoms with Crippen LogP contribution < -0.4 is 14.9 Å². The fourth-order valence-corrected chi connectivity index (χ4v) is 4.96. The molecular weight excluding hydrogens is 452 g/mol. The van der Waals surface area contributed by atoms with Crippen LogP contribution in [0.3, 0.4) is 0 Å². The number of rotatable bonds is 8. The summed E-state index contributed by atoms with van der Waals surface area (Å²) >= 11 is 6.10. The summed E-state index contributed by atoms with van der Waals surface area (Å²) in [5.41, 5.74) is 1.04. The van der Waals surface area contributed by atoms with E-state index in [9.17, 15) is 13.2 Å². The monoisotopic (exact) mass is 474 g/mol. The maximum atomic E-state index is 12.7. The number of carbonyl (C=O) groups excluding carboxylic acids is 1. The van der Waals surface area contributed by atoms with Crippen molar-refractivity contribution in [1.82, 2.24) is 15.0 Å². The number of pyridine rings is 1. The zero-order valence-corrected chi connectivity index (χ0v) is 18.8. The Bertz CT molecular complexity index is 1180. The van der Waals surface area contributed by atoms with E-state index in [0.717, 1.165) is 24.5 Å². The number of hydrogen-bond acceptors (Lipinski definition) is 6. The zero-order chi connectivity index (χ0) is 22.6. The topological polar surface area (TPSA) is 105 Å². The Labute approximate surface area is 191 Å². The van der Waals surface area contributed by atoms with Crippen LogP contribution in [0, 0.1) is 0 Å². The Morgan fingerprint density at radius 2 is 1.94 bits per heavy atom. The molecule has 8 nitrogen and oxygen atoms in total. The standard InChI is InChI=1S/C22H23ClN4O4S/c23-19-7-6-17(12-20(19)32(29,30)26-15-18-4-3-11-31-18)22(28)25-14-16-5-8-21(24-13-16)27-9-1-2-10-27/h3-8,11-13,26H,1-2,9-10,14-15H2,(H,25,28). The van der Waals surface area contributed by atoms with Gasteiger partial charge in [0.1, 0.15) is 16.5 Å². The molecular formula is C22H23ClN4O4S. The number of hydrogen-bond donors (Lipinski definition) is 2. The van der Waals surface area contributed by atoms with Crippen LogP contribution in [0.5, 0.6) is 0 Å². The van der Waals surface area contributed by atoms with Gasteiger partial charge < -0.3 is 14.6 Å². The summed E-state index contributed by atoms with van der Waals surface area (Å²) in [4.78, 5) is 19.2. The molecule has 0 unspecified atom stereocenters. The molecule has 0 radical (unpaired) electrons. The Morgan fingerprint density at radius 1 is 1.12 bits per heavy atom. The van der Waals surface area contributed by atoms with Gasteiger partial charge in [0.15, 0.2) is 0 Å². The number of benzene rings is 1. The Hall–Kier alpha value is -2.88. The number of halogens is 1. The second-order valence-electron chi connectivity index (χ2n) is 7.45. The average Bonchev–Trinajstić information content (AvgIpc) is 3.51. The van der Waals surface area contributed by atoms with Crippen molar-refractivity contribution in [3.63, 3.8) is 0 Å². The molecule has 3 aromatic rings. The largest absolute Gasteiger partial charge is 0.468 e. The molecule has 1 fully saturated rings. The summed E-state index contributed by atoms with van der Waals surface area (Å²) in [6, 6.07) is 11.3. The molecule has 1 aromatic carbocycles. The summed E-state index contributed by atoms with van der Waals surface area (Å²) in [6.07, 6.45) is 5.55. The predicted octanol–water partition coefficient (Wildman–Crippen LogP) is 3.34. The average molecular weight is 475 g/mol. The lowest BCUT2D eigenvalue weighted by Gasteiger charge is -2.16. The third-order valence-electron chi connectivity index (χ3n) is 5.19. The van der Waals surface area contributed by atoms with E-state index in [1.54, 1.807) is 18.3 Å². The van der Waals surface area contributed by atoms with Gasteiger partial charge in [0.25, 0.3) is 5.91 Å². The van der Waals surface area contributed by atoms with Crippen molar-refractivity contribution in [3.05, 3.63) is 76.8 Å². The van der Waals surface area contributed by atoms with E-state index in [1.807, 2.05) is 12.1 Å². The van der Waals surface area contributed by atoms with Gasteiger partial charge in [-0.2, -0.15) is 0 Å². The van der Waals surface area contributed by atoms with Crippen LogP contribution in [0.1, 0.15) is 34.5 Å². The molecule has 0 aliphatic carbocycles. The molecule has 3 heterocycles. The highest BCUT2D eigenvalue weighted by atomic mass is 35.5. The molecule has 2 aromatic heterocycles. The van der Waals surface area contributed by atoms with Gasteiger partial charge in [0.2, 0.25) is 10.0 Å². The van der Waals surface area contributed by atoms with Crippen LogP contribution in [0.2, 0.25) is 5.02 Å². The van der Waals surface area contributed by atoms with Crippen LogP contribution >= 0.6 is 11.6 Å². The van der Waals surface area contributed by atoms with Crippen molar-refractivity contribution in [3.8, 4) is 0 Å². The number of furan rings is 1. The molecule has 0 spiro atoms. The highest BCUT2D eigenvalue weighted by Gasteiger charge is 2.20. The molecule has 10 heteroatoms. The quantitative estimate of drug-likeness (QED) is 0.519. The van der Waals surface area contributed by atoms with Gasteiger partial charge in [-0.15, -0.1) is 0 Å². The van der Waals surface area contributed by atoms with Gasteiger partial charge in [-0.3, -0.25) is 4.79 Å². The van der Waals surface area contributed by atoms with Gasteiger partial charge >= 0.3 is 0 Å². The molecule has 168 valence electrons. The molecule has 0 saturated carbocycles. The number of sulfonamides is 1. The molecule has 4 rings (SSSR count). The minimum atomic E-state index is -3.94. The summed E-state index contributed by atoms with van der Waals surface area (Å²) in [5.74, 6) is 0.989. The first-order valence-corrected chi connectivity index (χ1v) is 12.1. The molecule has 1 aliphatic heterocycles. The number of nitrogens with zero attached hydrogens (tertiary/aromatic N) is 2. The lowest BCUT2D eigenvalue weighted by Crippen LogP contribution is -2.26. The number of carbonyl (C=O) groups is 1. The number of aromatic nitrogens is 1. The van der Waals surface area contributed by atoms with Crippen LogP contribution in [-0.4, -0.2) is 32.4 Å². The lowest BCUT2D eigenvalue weighted by molar-refractivity contribution is 0.0950. The van der Waals surface area contributed by atoms with Crippen molar-refractivity contribution >= 4 is 33.3 Å². The van der Waals surface area contributed by atoms with E-state index in [2.05, 4.69) is 19.9 Å². The number of anilines is 1. The molecule has 32 heavy (non-hydrogen) atoms. The second kappa shape index (κ2) is 9.72. The third-order valence-corrected chi connectivity index (χ3v) is 7.07. The van der Waals surface area contributed by atoms with Crippen LogP contribution in [0.4, 0.5) is 5.82 Å². The maximum absolute atomic E-state index is 12.7. The predicted molar refractivity (Wildman–Crippen MR) is 121 cm³/mol. The first kappa shape index (κ1) is 22.3. The summed E-state index contributed by atoms with van der Waals surface area (Å²) < 4.78 is 32.9. The van der Waals surface area contributed by atoms with E-state index >= 15 is 0 Å². The van der Waals surface area contributed by atoms with Gasteiger partial charge in [-0.05, 0) is 54.8 Å². The summed E-state index contributed by atoms with van der Waals surface area (Å²) in [5, 5.41) is 2.81. The van der Waals surface area contributed by atoms with E-state index in [0.29, 0.717) is 5.76 Å². The summed E-state index contributed by atoms with van der Waals surface area (Å²) in [6.45, 7) is 2.28. The van der Waals surface area contributed by atoms with Crippen LogP contribution in [0.15, 0.2) is 64.2 Å². The molecule has 1 amide bonds. The van der Waals surface area contributed by atoms with Gasteiger partial charge in [0.05, 0.1) is 17.8 Å². The van der Waals surface area contributed by atoms with E-state index in [1.165, 1.54) is 37.3 Å². The minimum Gasteiger partial charge on any atom is -0.468 e. The Balaban J connectivity index is 1.40.